The van der Waals surface area contributed by atoms with E-state index >= 15 is 0 Å². The number of aromatic nitrogens is 1. The second-order valence-electron chi connectivity index (χ2n) is 6.77. The molecule has 2 aromatic rings. The number of carboxylic acid groups (broad SMARTS) is 1. The maximum Gasteiger partial charge on any atom is 0.317 e. The van der Waals surface area contributed by atoms with Crippen LogP contribution in [0.15, 0.2) is 34.9 Å². The second-order valence-corrected chi connectivity index (χ2v) is 7.21. The lowest BCUT2D eigenvalue weighted by Crippen LogP contribution is -2.37. The molecule has 3 rings (SSSR count). The average Bonchev–Trinajstić information content (AvgIpc) is 2.98. The van der Waals surface area contributed by atoms with Crippen molar-refractivity contribution in [1.29, 1.82) is 0 Å². The highest BCUT2D eigenvalue weighted by Crippen LogP contribution is 2.24. The summed E-state index contributed by atoms with van der Waals surface area (Å²) in [4.78, 5) is 27.3. The number of likely N-dealkylation sites (N-methyl/N-ethyl adjacent to an activating group) is 1. The average molecular weight is 392 g/mol. The first-order valence-corrected chi connectivity index (χ1v) is 9.26. The van der Waals surface area contributed by atoms with Gasteiger partial charge < -0.3 is 14.5 Å². The SMILES string of the molecule is CN(CC(=O)O)C1CCCN(C(=O)c2cc(-c3cccc(Cl)c3)on2)CC1. The van der Waals surface area contributed by atoms with Crippen molar-refractivity contribution >= 4 is 23.5 Å². The molecule has 1 atom stereocenters. The minimum absolute atomic E-state index is 0.00486. The van der Waals surface area contributed by atoms with Crippen molar-refractivity contribution in [3.8, 4) is 11.3 Å². The molecule has 0 spiro atoms. The molecule has 0 radical (unpaired) electrons. The van der Waals surface area contributed by atoms with Gasteiger partial charge in [-0.1, -0.05) is 28.9 Å². The van der Waals surface area contributed by atoms with Crippen LogP contribution in [0.2, 0.25) is 5.02 Å². The first-order chi connectivity index (χ1) is 12.9. The van der Waals surface area contributed by atoms with Gasteiger partial charge in [0, 0.05) is 35.8 Å². The summed E-state index contributed by atoms with van der Waals surface area (Å²) in [6.07, 6.45) is 2.41. The fourth-order valence-corrected chi connectivity index (χ4v) is 3.57. The number of rotatable bonds is 5. The molecule has 1 aliphatic rings. The standard InChI is InChI=1S/C19H22ClN3O4/c1-22(12-18(24)25)15-6-3-8-23(9-7-15)19(26)16-11-17(27-21-16)13-4-2-5-14(20)10-13/h2,4-5,10-11,15H,3,6-9,12H2,1H3,(H,24,25). The topological polar surface area (TPSA) is 86.9 Å². The highest BCUT2D eigenvalue weighted by atomic mass is 35.5. The number of likely N-dealkylation sites (tertiary alicyclic amines) is 1. The molecule has 2 heterocycles. The number of nitrogens with zero attached hydrogens (tertiary/aromatic N) is 3. The van der Waals surface area contributed by atoms with E-state index in [-0.39, 0.29) is 24.2 Å². The van der Waals surface area contributed by atoms with Gasteiger partial charge in [-0.05, 0) is 38.4 Å². The quantitative estimate of drug-likeness (QED) is 0.843. The maximum atomic E-state index is 12.8. The summed E-state index contributed by atoms with van der Waals surface area (Å²) in [6, 6.07) is 8.96. The van der Waals surface area contributed by atoms with Crippen LogP contribution in [0.5, 0.6) is 0 Å². The van der Waals surface area contributed by atoms with E-state index in [4.69, 9.17) is 21.2 Å². The number of carbonyl (C=O) groups excluding carboxylic acids is 1. The van der Waals surface area contributed by atoms with Gasteiger partial charge in [0.05, 0.1) is 6.54 Å². The van der Waals surface area contributed by atoms with Crippen LogP contribution in [-0.2, 0) is 4.79 Å². The molecule has 0 bridgehead atoms. The molecule has 1 amide bonds. The summed E-state index contributed by atoms with van der Waals surface area (Å²) in [7, 11) is 1.81. The Morgan fingerprint density at radius 1 is 1.33 bits per heavy atom. The normalized spacial score (nSPS) is 17.7. The van der Waals surface area contributed by atoms with Gasteiger partial charge >= 0.3 is 5.97 Å². The van der Waals surface area contributed by atoms with Crippen LogP contribution in [0.1, 0.15) is 29.8 Å². The molecule has 8 heteroatoms. The molecule has 1 aromatic heterocycles. The predicted octanol–water partition coefficient (Wildman–Crippen LogP) is 3.01. The van der Waals surface area contributed by atoms with Crippen molar-refractivity contribution < 1.29 is 19.2 Å². The van der Waals surface area contributed by atoms with Gasteiger partial charge in [0.25, 0.3) is 5.91 Å². The van der Waals surface area contributed by atoms with Crippen LogP contribution in [0.4, 0.5) is 0 Å². The third-order valence-electron chi connectivity index (χ3n) is 4.83. The minimum Gasteiger partial charge on any atom is -0.480 e. The van der Waals surface area contributed by atoms with Crippen molar-refractivity contribution in [3.05, 3.63) is 41.0 Å². The Morgan fingerprint density at radius 2 is 2.15 bits per heavy atom. The molecule has 0 aliphatic carbocycles. The van der Waals surface area contributed by atoms with Gasteiger partial charge in [-0.3, -0.25) is 14.5 Å². The Labute approximate surface area is 162 Å². The summed E-state index contributed by atoms with van der Waals surface area (Å²) < 4.78 is 5.32. The maximum absolute atomic E-state index is 12.8. The molecule has 1 unspecified atom stereocenters. The number of carboxylic acids is 1. The fraction of sp³-hybridized carbons (Fsp3) is 0.421. The van der Waals surface area contributed by atoms with E-state index in [0.717, 1.165) is 24.8 Å². The monoisotopic (exact) mass is 391 g/mol. The lowest BCUT2D eigenvalue weighted by molar-refractivity contribution is -0.138. The Hall–Kier alpha value is -2.38. The summed E-state index contributed by atoms with van der Waals surface area (Å²) in [6.45, 7) is 1.19. The number of amides is 1. The molecule has 1 fully saturated rings. The third-order valence-corrected chi connectivity index (χ3v) is 5.07. The van der Waals surface area contributed by atoms with Crippen LogP contribution < -0.4 is 0 Å². The predicted molar refractivity (Wildman–Crippen MR) is 101 cm³/mol. The molecule has 0 saturated carbocycles. The summed E-state index contributed by atoms with van der Waals surface area (Å²) in [5, 5.41) is 13.5. The molecule has 1 aromatic carbocycles. The zero-order chi connectivity index (χ0) is 19.4. The van der Waals surface area contributed by atoms with E-state index in [9.17, 15) is 9.59 Å². The van der Waals surface area contributed by atoms with Gasteiger partial charge in [0.1, 0.15) is 0 Å². The smallest absolute Gasteiger partial charge is 0.317 e. The van der Waals surface area contributed by atoms with Gasteiger partial charge in [0.2, 0.25) is 0 Å². The molecular weight excluding hydrogens is 370 g/mol. The number of halogens is 1. The first kappa shape index (κ1) is 19.4. The largest absolute Gasteiger partial charge is 0.480 e. The zero-order valence-electron chi connectivity index (χ0n) is 15.1. The third kappa shape index (κ3) is 4.87. The molecule has 1 aliphatic heterocycles. The van der Waals surface area contributed by atoms with Crippen molar-refractivity contribution in [3.63, 3.8) is 0 Å². The Morgan fingerprint density at radius 3 is 2.89 bits per heavy atom. The van der Waals surface area contributed by atoms with Crippen molar-refractivity contribution in [1.82, 2.24) is 15.0 Å². The Balaban J connectivity index is 1.65. The molecule has 27 heavy (non-hydrogen) atoms. The minimum atomic E-state index is -0.842. The van der Waals surface area contributed by atoms with Crippen LogP contribution >= 0.6 is 11.6 Å². The lowest BCUT2D eigenvalue weighted by Gasteiger charge is -2.25. The number of carbonyl (C=O) groups is 2. The molecule has 7 nitrogen and oxygen atoms in total. The van der Waals surface area contributed by atoms with E-state index in [1.165, 1.54) is 0 Å². The van der Waals surface area contributed by atoms with E-state index in [0.29, 0.717) is 23.9 Å². The fourth-order valence-electron chi connectivity index (χ4n) is 3.38. The zero-order valence-corrected chi connectivity index (χ0v) is 15.9. The van der Waals surface area contributed by atoms with Crippen LogP contribution in [-0.4, -0.2) is 64.7 Å². The van der Waals surface area contributed by atoms with Crippen molar-refractivity contribution in [2.75, 3.05) is 26.7 Å². The second kappa shape index (κ2) is 8.54. The molecule has 1 saturated heterocycles. The van der Waals surface area contributed by atoms with E-state index in [1.54, 1.807) is 23.1 Å². The van der Waals surface area contributed by atoms with E-state index in [2.05, 4.69) is 5.16 Å². The van der Waals surface area contributed by atoms with Crippen molar-refractivity contribution in [2.45, 2.75) is 25.3 Å². The molecule has 144 valence electrons. The van der Waals surface area contributed by atoms with Gasteiger partial charge in [-0.2, -0.15) is 0 Å². The first-order valence-electron chi connectivity index (χ1n) is 8.88. The number of hydrogen-bond acceptors (Lipinski definition) is 5. The molecule has 1 N–H and O–H groups in total. The Kier molecular flexibility index (Phi) is 6.13. The van der Waals surface area contributed by atoms with Crippen LogP contribution in [0.3, 0.4) is 0 Å². The summed E-state index contributed by atoms with van der Waals surface area (Å²) in [5.41, 5.74) is 1.03. The van der Waals surface area contributed by atoms with Gasteiger partial charge in [0.15, 0.2) is 11.5 Å². The number of hydrogen-bond donors (Lipinski definition) is 1. The van der Waals surface area contributed by atoms with Gasteiger partial charge in [-0.25, -0.2) is 0 Å². The van der Waals surface area contributed by atoms with E-state index < -0.39 is 5.97 Å². The lowest BCUT2D eigenvalue weighted by atomic mass is 10.1. The summed E-state index contributed by atoms with van der Waals surface area (Å²) in [5.74, 6) is -0.519. The van der Waals surface area contributed by atoms with Crippen LogP contribution in [0.25, 0.3) is 11.3 Å². The number of benzene rings is 1. The Bertz CT molecular complexity index is 823. The van der Waals surface area contributed by atoms with Crippen LogP contribution in [0, 0.1) is 0 Å². The van der Waals surface area contributed by atoms with Crippen molar-refractivity contribution in [2.24, 2.45) is 0 Å². The summed E-state index contributed by atoms with van der Waals surface area (Å²) >= 11 is 6.00. The van der Waals surface area contributed by atoms with Gasteiger partial charge in [-0.15, -0.1) is 0 Å². The number of aliphatic carboxylic acids is 1. The molecular formula is C19H22ClN3O4. The van der Waals surface area contributed by atoms with E-state index in [1.807, 2.05) is 24.1 Å². The highest BCUT2D eigenvalue weighted by Gasteiger charge is 2.26. The highest BCUT2D eigenvalue weighted by molar-refractivity contribution is 6.30.